The summed E-state index contributed by atoms with van der Waals surface area (Å²) in [5, 5.41) is 0.572. The van der Waals surface area contributed by atoms with Crippen molar-refractivity contribution in [3.63, 3.8) is 0 Å². The van der Waals surface area contributed by atoms with Crippen LogP contribution in [-0.2, 0) is 4.79 Å². The zero-order valence-electron chi connectivity index (χ0n) is 22.4. The van der Waals surface area contributed by atoms with E-state index in [1.54, 1.807) is 30.3 Å². The Labute approximate surface area is 233 Å². The first-order chi connectivity index (χ1) is 18.6. The van der Waals surface area contributed by atoms with Crippen LogP contribution in [0.25, 0.3) is 6.08 Å². The minimum Gasteiger partial charge on any atom is -0.494 e. The fourth-order valence-corrected chi connectivity index (χ4v) is 6.94. The van der Waals surface area contributed by atoms with E-state index >= 15 is 0 Å². The molecule has 2 aliphatic heterocycles. The van der Waals surface area contributed by atoms with Crippen molar-refractivity contribution in [3.05, 3.63) is 100 Å². The van der Waals surface area contributed by atoms with E-state index in [1.807, 2.05) is 81.1 Å². The van der Waals surface area contributed by atoms with Crippen LogP contribution in [-0.4, -0.2) is 36.0 Å². The second kappa shape index (κ2) is 8.92. The molecule has 2 heterocycles. The van der Waals surface area contributed by atoms with Gasteiger partial charge in [0.1, 0.15) is 11.2 Å². The maximum Gasteiger partial charge on any atom is 0.180 e. The smallest absolute Gasteiger partial charge is 0.180 e. The van der Waals surface area contributed by atoms with E-state index in [4.69, 9.17) is 16.3 Å². The Morgan fingerprint density at radius 1 is 0.974 bits per heavy atom. The van der Waals surface area contributed by atoms with Gasteiger partial charge in [-0.15, -0.1) is 0 Å². The Kier molecular flexibility index (Phi) is 5.85. The molecular weight excluding hydrogens is 510 g/mol. The van der Waals surface area contributed by atoms with Gasteiger partial charge in [0, 0.05) is 38.7 Å². The van der Waals surface area contributed by atoms with E-state index in [9.17, 15) is 14.4 Å². The number of carbonyl (C=O) groups excluding carboxylic acids is 3. The van der Waals surface area contributed by atoms with Crippen LogP contribution >= 0.6 is 11.6 Å². The zero-order chi connectivity index (χ0) is 27.7. The highest BCUT2D eigenvalue weighted by atomic mass is 35.5. The molecule has 0 bridgehead atoms. The molecule has 0 N–H and O–H groups in total. The quantitative estimate of drug-likeness (QED) is 0.342. The predicted molar refractivity (Wildman–Crippen MR) is 153 cm³/mol. The van der Waals surface area contributed by atoms with Gasteiger partial charge >= 0.3 is 0 Å². The highest BCUT2D eigenvalue weighted by Crippen LogP contribution is 2.62. The third-order valence-corrected chi connectivity index (χ3v) is 8.56. The minimum atomic E-state index is -1.55. The van der Waals surface area contributed by atoms with Gasteiger partial charge in [0.25, 0.3) is 0 Å². The van der Waals surface area contributed by atoms with Crippen molar-refractivity contribution < 1.29 is 19.1 Å². The third kappa shape index (κ3) is 3.49. The largest absolute Gasteiger partial charge is 0.494 e. The summed E-state index contributed by atoms with van der Waals surface area (Å²) in [7, 11) is 0. The first kappa shape index (κ1) is 25.6. The van der Waals surface area contributed by atoms with Crippen LogP contribution < -0.4 is 9.64 Å². The number of ketones is 3. The molecule has 1 fully saturated rings. The summed E-state index contributed by atoms with van der Waals surface area (Å²) in [5.74, 6) is -0.752. The lowest BCUT2D eigenvalue weighted by molar-refractivity contribution is -0.127. The molecule has 0 amide bonds. The lowest BCUT2D eigenvalue weighted by Crippen LogP contribution is -2.49. The van der Waals surface area contributed by atoms with Crippen LogP contribution in [0.15, 0.2) is 72.8 Å². The molecule has 6 rings (SSSR count). The highest BCUT2D eigenvalue weighted by molar-refractivity contribution is 6.32. The van der Waals surface area contributed by atoms with Crippen molar-refractivity contribution in [2.75, 3.05) is 11.5 Å². The zero-order valence-corrected chi connectivity index (χ0v) is 23.2. The standard InChI is InChI=1S/C33H30ClNO4/c1-5-39-25-13-9-8-12-23(25)27-28(31(38)32(2,3)4)35-24-16-15-20(34)18-19(24)14-17-26(35)33(27)29(36)21-10-6-7-11-22(21)30(33)37/h6-18,26-28H,5H2,1-4H3/t26?,27-,28+/m0/s1. The van der Waals surface area contributed by atoms with E-state index in [2.05, 4.69) is 0 Å². The molecule has 1 aliphatic carbocycles. The molecule has 0 aromatic heterocycles. The molecule has 1 spiro atoms. The van der Waals surface area contributed by atoms with Crippen molar-refractivity contribution in [2.24, 2.45) is 10.8 Å². The number of anilines is 1. The third-order valence-electron chi connectivity index (χ3n) is 8.33. The number of para-hydroxylation sites is 1. The Balaban J connectivity index is 1.72. The number of halogens is 1. The molecule has 3 aromatic carbocycles. The van der Waals surface area contributed by atoms with E-state index in [-0.39, 0.29) is 17.3 Å². The summed E-state index contributed by atoms with van der Waals surface area (Å²) in [5.41, 5.74) is 0.827. The number of ether oxygens (including phenoxy) is 1. The first-order valence-corrected chi connectivity index (χ1v) is 13.7. The molecule has 198 valence electrons. The van der Waals surface area contributed by atoms with Crippen LogP contribution in [0.1, 0.15) is 65.5 Å². The van der Waals surface area contributed by atoms with E-state index in [0.717, 1.165) is 11.3 Å². The monoisotopic (exact) mass is 539 g/mol. The summed E-state index contributed by atoms with van der Waals surface area (Å²) in [6.45, 7) is 7.96. The van der Waals surface area contributed by atoms with E-state index < -0.39 is 28.8 Å². The number of hydrogen-bond donors (Lipinski definition) is 0. The normalized spacial score (nSPS) is 22.6. The highest BCUT2D eigenvalue weighted by Gasteiger charge is 2.72. The Morgan fingerprint density at radius 3 is 2.26 bits per heavy atom. The topological polar surface area (TPSA) is 63.7 Å². The van der Waals surface area contributed by atoms with Crippen molar-refractivity contribution in [3.8, 4) is 5.75 Å². The average molecular weight is 540 g/mol. The van der Waals surface area contributed by atoms with Crippen molar-refractivity contribution >= 4 is 40.7 Å². The summed E-state index contributed by atoms with van der Waals surface area (Å²) >= 11 is 6.35. The van der Waals surface area contributed by atoms with Gasteiger partial charge in [-0.05, 0) is 36.8 Å². The molecule has 1 unspecified atom stereocenters. The molecule has 1 saturated heterocycles. The maximum atomic E-state index is 14.7. The van der Waals surface area contributed by atoms with Crippen LogP contribution in [0.3, 0.4) is 0 Å². The molecule has 3 aromatic rings. The van der Waals surface area contributed by atoms with Crippen molar-refractivity contribution in [1.29, 1.82) is 0 Å². The van der Waals surface area contributed by atoms with Crippen LogP contribution in [0.5, 0.6) is 5.75 Å². The second-order valence-corrected chi connectivity index (χ2v) is 11.9. The van der Waals surface area contributed by atoms with Gasteiger partial charge in [-0.25, -0.2) is 0 Å². The number of benzene rings is 3. The first-order valence-electron chi connectivity index (χ1n) is 13.3. The molecule has 0 radical (unpaired) electrons. The Morgan fingerprint density at radius 2 is 1.62 bits per heavy atom. The number of hydrogen-bond acceptors (Lipinski definition) is 5. The van der Waals surface area contributed by atoms with E-state index in [0.29, 0.717) is 34.1 Å². The minimum absolute atomic E-state index is 0.0477. The molecule has 3 atom stereocenters. The van der Waals surface area contributed by atoms with Gasteiger partial charge in [0.15, 0.2) is 17.3 Å². The Bertz CT molecular complexity index is 1530. The SMILES string of the molecule is CCOc1ccccc1[C@H]1[C@H](C(=O)C(C)(C)C)N2c3ccc(Cl)cc3C=CC2C12C(=O)c1ccccc1C2=O. The van der Waals surface area contributed by atoms with Crippen LogP contribution in [0, 0.1) is 10.8 Å². The summed E-state index contributed by atoms with van der Waals surface area (Å²) < 4.78 is 6.06. The van der Waals surface area contributed by atoms with E-state index in [1.165, 1.54) is 0 Å². The van der Waals surface area contributed by atoms with Gasteiger partial charge in [0.2, 0.25) is 0 Å². The summed E-state index contributed by atoms with van der Waals surface area (Å²) in [6, 6.07) is 18.6. The average Bonchev–Trinajstić information content (AvgIpc) is 3.34. The number of rotatable bonds is 4. The lowest BCUT2D eigenvalue weighted by atomic mass is 9.63. The van der Waals surface area contributed by atoms with Crippen molar-refractivity contribution in [1.82, 2.24) is 0 Å². The number of Topliss-reactive ketones (excluding diaryl/α,β-unsaturated/α-hetero) is 3. The second-order valence-electron chi connectivity index (χ2n) is 11.5. The molecule has 0 saturated carbocycles. The predicted octanol–water partition coefficient (Wildman–Crippen LogP) is 6.79. The molecule has 39 heavy (non-hydrogen) atoms. The number of fused-ring (bicyclic) bond motifs is 5. The molecule has 5 nitrogen and oxygen atoms in total. The summed E-state index contributed by atoms with van der Waals surface area (Å²) in [4.78, 5) is 45.9. The molecule has 6 heteroatoms. The van der Waals surface area contributed by atoms with Crippen LogP contribution in [0.4, 0.5) is 5.69 Å². The van der Waals surface area contributed by atoms with Crippen molar-refractivity contribution in [2.45, 2.75) is 45.7 Å². The van der Waals surface area contributed by atoms with Gasteiger partial charge in [0.05, 0.1) is 18.7 Å². The Hall–Kier alpha value is -3.70. The van der Waals surface area contributed by atoms with Gasteiger partial charge in [-0.2, -0.15) is 0 Å². The van der Waals surface area contributed by atoms with Gasteiger partial charge in [-0.1, -0.05) is 87.0 Å². The van der Waals surface area contributed by atoms with Gasteiger partial charge in [-0.3, -0.25) is 14.4 Å². The maximum absolute atomic E-state index is 14.7. The fraction of sp³-hybridized carbons (Fsp3) is 0.303. The fourth-order valence-electron chi connectivity index (χ4n) is 6.76. The van der Waals surface area contributed by atoms with Crippen LogP contribution in [0.2, 0.25) is 5.02 Å². The molecule has 3 aliphatic rings. The summed E-state index contributed by atoms with van der Waals surface area (Å²) in [6.07, 6.45) is 3.83. The molecular formula is C33H30ClNO4. The number of nitrogens with zero attached hydrogens (tertiary/aromatic N) is 1. The van der Waals surface area contributed by atoms with Gasteiger partial charge < -0.3 is 9.64 Å². The number of carbonyl (C=O) groups is 3. The lowest BCUT2D eigenvalue weighted by Gasteiger charge is -2.38.